The first-order chi connectivity index (χ1) is 17.3. The van der Waals surface area contributed by atoms with Gasteiger partial charge in [-0.1, -0.05) is 48.5 Å². The molecule has 0 saturated heterocycles. The lowest BCUT2D eigenvalue weighted by atomic mass is 9.88. The maximum atomic E-state index is 13.0. The molecule has 4 rings (SSSR count). The van der Waals surface area contributed by atoms with Crippen LogP contribution >= 0.6 is 0 Å². The summed E-state index contributed by atoms with van der Waals surface area (Å²) in [4.78, 5) is 26.0. The molecule has 0 aliphatic rings. The van der Waals surface area contributed by atoms with E-state index in [1.54, 1.807) is 74.5 Å². The van der Waals surface area contributed by atoms with Crippen LogP contribution in [-0.2, 0) is 0 Å². The summed E-state index contributed by atoms with van der Waals surface area (Å²) < 4.78 is 0. The summed E-state index contributed by atoms with van der Waals surface area (Å²) in [5.74, 6) is -1.90. The Morgan fingerprint density at radius 3 is 1.42 bits per heavy atom. The van der Waals surface area contributed by atoms with Crippen LogP contribution in [0.2, 0.25) is 0 Å². The second-order valence-corrected chi connectivity index (χ2v) is 8.85. The maximum absolute atomic E-state index is 13.0. The van der Waals surface area contributed by atoms with Crippen molar-refractivity contribution in [2.75, 3.05) is 13.2 Å². The number of aliphatic hydroxyl groups excluding tert-OH is 2. The van der Waals surface area contributed by atoms with E-state index in [9.17, 15) is 30.0 Å². The van der Waals surface area contributed by atoms with E-state index in [0.29, 0.717) is 21.5 Å². The van der Waals surface area contributed by atoms with Crippen molar-refractivity contribution in [1.82, 2.24) is 10.6 Å². The molecule has 6 N–H and O–H groups in total. The largest absolute Gasteiger partial charge is 0.506 e. The van der Waals surface area contributed by atoms with Crippen molar-refractivity contribution in [2.24, 2.45) is 0 Å². The smallest absolute Gasteiger partial charge is 0.255 e. The number of rotatable bonds is 7. The van der Waals surface area contributed by atoms with Gasteiger partial charge in [-0.05, 0) is 47.5 Å². The summed E-state index contributed by atoms with van der Waals surface area (Å²) in [6.07, 6.45) is 0. The number of fused-ring (bicyclic) bond motifs is 2. The van der Waals surface area contributed by atoms with Crippen molar-refractivity contribution in [3.8, 4) is 22.6 Å². The summed E-state index contributed by atoms with van der Waals surface area (Å²) in [6.45, 7) is 2.71. The average molecular weight is 489 g/mol. The van der Waals surface area contributed by atoms with E-state index >= 15 is 0 Å². The number of benzene rings is 4. The van der Waals surface area contributed by atoms with Crippen LogP contribution < -0.4 is 10.6 Å². The molecule has 0 fully saturated rings. The van der Waals surface area contributed by atoms with Crippen LogP contribution in [0, 0.1) is 0 Å². The minimum absolute atomic E-state index is 0.0313. The lowest BCUT2D eigenvalue weighted by molar-refractivity contribution is 0.0911. The molecule has 8 heteroatoms. The average Bonchev–Trinajstić information content (AvgIpc) is 2.88. The minimum atomic E-state index is -0.587. The molecule has 36 heavy (non-hydrogen) atoms. The third-order valence-electron chi connectivity index (χ3n) is 6.09. The first-order valence-corrected chi connectivity index (χ1v) is 11.6. The summed E-state index contributed by atoms with van der Waals surface area (Å²) in [5.41, 5.74) is 0.342. The highest BCUT2D eigenvalue weighted by molar-refractivity contribution is 6.16. The Hall–Kier alpha value is -4.14. The number of hydrogen-bond donors (Lipinski definition) is 6. The van der Waals surface area contributed by atoms with Gasteiger partial charge in [0.05, 0.1) is 24.3 Å². The number of carbonyl (C=O) groups excluding carboxylic acids is 2. The molecule has 2 unspecified atom stereocenters. The zero-order valence-corrected chi connectivity index (χ0v) is 19.9. The predicted molar refractivity (Wildman–Crippen MR) is 138 cm³/mol. The summed E-state index contributed by atoms with van der Waals surface area (Å²) in [7, 11) is 0. The lowest BCUT2D eigenvalue weighted by Crippen LogP contribution is -2.35. The van der Waals surface area contributed by atoms with E-state index in [1.807, 2.05) is 0 Å². The molecule has 4 aromatic carbocycles. The van der Waals surface area contributed by atoms with Crippen LogP contribution in [0.25, 0.3) is 32.7 Å². The molecule has 4 aromatic rings. The molecule has 0 heterocycles. The van der Waals surface area contributed by atoms with Crippen molar-refractivity contribution >= 4 is 33.4 Å². The zero-order chi connectivity index (χ0) is 26.0. The van der Waals surface area contributed by atoms with Gasteiger partial charge in [-0.3, -0.25) is 9.59 Å². The van der Waals surface area contributed by atoms with Gasteiger partial charge in [-0.25, -0.2) is 0 Å². The normalized spacial score (nSPS) is 12.9. The summed E-state index contributed by atoms with van der Waals surface area (Å²) in [6, 6.07) is 16.2. The van der Waals surface area contributed by atoms with Crippen molar-refractivity contribution in [1.29, 1.82) is 0 Å². The van der Waals surface area contributed by atoms with Gasteiger partial charge in [0.25, 0.3) is 11.8 Å². The number of carbonyl (C=O) groups is 2. The molecule has 0 saturated carbocycles. The fraction of sp³-hybridized carbons (Fsp3) is 0.214. The van der Waals surface area contributed by atoms with Crippen molar-refractivity contribution < 1.29 is 30.0 Å². The summed E-state index contributed by atoms with van der Waals surface area (Å²) >= 11 is 0. The van der Waals surface area contributed by atoms with Crippen LogP contribution in [0.3, 0.4) is 0 Å². The quantitative estimate of drug-likeness (QED) is 0.236. The van der Waals surface area contributed by atoms with Gasteiger partial charge in [0.15, 0.2) is 0 Å². The molecule has 8 nitrogen and oxygen atoms in total. The van der Waals surface area contributed by atoms with E-state index in [0.717, 1.165) is 0 Å². The highest BCUT2D eigenvalue weighted by Gasteiger charge is 2.26. The van der Waals surface area contributed by atoms with Crippen LogP contribution in [0.15, 0.2) is 60.7 Å². The standard InChI is InChI=1S/C28H28N2O6/c1-15(13-31)29-27(35)21-11-17-7-3-5-9-19(17)23(25(21)33)24-20-10-6-4-8-18(20)12-22(26(24)34)28(36)30-16(2)14-32/h3-12,15-16,31-34H,13-14H2,1-2H3,(H,29,35)(H,30,36). The molecule has 0 aromatic heterocycles. The van der Waals surface area contributed by atoms with Gasteiger partial charge in [0.2, 0.25) is 0 Å². The Kier molecular flexibility index (Phi) is 7.10. The fourth-order valence-electron chi connectivity index (χ4n) is 4.22. The molecular formula is C28H28N2O6. The van der Waals surface area contributed by atoms with Gasteiger partial charge in [0, 0.05) is 23.2 Å². The molecule has 0 spiro atoms. The number of phenolic OH excluding ortho intramolecular Hbond substituents is 2. The second-order valence-electron chi connectivity index (χ2n) is 8.85. The Bertz CT molecular complexity index is 1350. The molecule has 186 valence electrons. The van der Waals surface area contributed by atoms with Crippen molar-refractivity contribution in [3.63, 3.8) is 0 Å². The number of aromatic hydroxyl groups is 2. The van der Waals surface area contributed by atoms with Crippen LogP contribution in [0.5, 0.6) is 11.5 Å². The van der Waals surface area contributed by atoms with Crippen molar-refractivity contribution in [3.05, 3.63) is 71.8 Å². The Labute approximate surface area is 207 Å². The monoisotopic (exact) mass is 488 g/mol. The fourth-order valence-corrected chi connectivity index (χ4v) is 4.22. The Morgan fingerprint density at radius 2 is 1.06 bits per heavy atom. The number of phenols is 2. The molecule has 0 aliphatic carbocycles. The first-order valence-electron chi connectivity index (χ1n) is 11.6. The topological polar surface area (TPSA) is 139 Å². The Balaban J connectivity index is 2.06. The van der Waals surface area contributed by atoms with Gasteiger partial charge in [-0.15, -0.1) is 0 Å². The van der Waals surface area contributed by atoms with Gasteiger partial charge < -0.3 is 31.1 Å². The van der Waals surface area contributed by atoms with E-state index < -0.39 is 23.9 Å². The lowest BCUT2D eigenvalue weighted by Gasteiger charge is -2.20. The SMILES string of the molecule is CC(CO)NC(=O)c1cc2ccccc2c(-c2c(O)c(C(=O)NC(C)CO)cc3ccccc23)c1O. The molecule has 0 bridgehead atoms. The number of amides is 2. The Morgan fingerprint density at radius 1 is 0.694 bits per heavy atom. The van der Waals surface area contributed by atoms with Crippen LogP contribution in [-0.4, -0.2) is 57.5 Å². The first kappa shape index (κ1) is 25.0. The highest BCUT2D eigenvalue weighted by Crippen LogP contribution is 2.47. The molecule has 2 amide bonds. The predicted octanol–water partition coefficient (Wildman–Crippen LogP) is 3.29. The maximum Gasteiger partial charge on any atom is 0.255 e. The molecule has 0 radical (unpaired) electrons. The van der Waals surface area contributed by atoms with Crippen LogP contribution in [0.4, 0.5) is 0 Å². The molecule has 2 atom stereocenters. The van der Waals surface area contributed by atoms with Gasteiger partial charge >= 0.3 is 0 Å². The molecule has 0 aliphatic heterocycles. The summed E-state index contributed by atoms with van der Waals surface area (Å²) in [5, 5.41) is 49.3. The van der Waals surface area contributed by atoms with E-state index in [-0.39, 0.29) is 47.0 Å². The number of nitrogens with one attached hydrogen (secondary N) is 2. The van der Waals surface area contributed by atoms with Crippen LogP contribution in [0.1, 0.15) is 34.6 Å². The second kappa shape index (κ2) is 10.2. The number of hydrogen-bond acceptors (Lipinski definition) is 6. The van der Waals surface area contributed by atoms with Gasteiger partial charge in [0.1, 0.15) is 11.5 Å². The molecular weight excluding hydrogens is 460 g/mol. The third-order valence-corrected chi connectivity index (χ3v) is 6.09. The van der Waals surface area contributed by atoms with E-state index in [2.05, 4.69) is 10.6 Å². The van der Waals surface area contributed by atoms with Crippen molar-refractivity contribution in [2.45, 2.75) is 25.9 Å². The minimum Gasteiger partial charge on any atom is -0.506 e. The van der Waals surface area contributed by atoms with E-state index in [1.165, 1.54) is 0 Å². The highest BCUT2D eigenvalue weighted by atomic mass is 16.3. The van der Waals surface area contributed by atoms with Gasteiger partial charge in [-0.2, -0.15) is 0 Å². The third kappa shape index (κ3) is 4.56. The zero-order valence-electron chi connectivity index (χ0n) is 19.9. The number of aliphatic hydroxyl groups is 2. The van der Waals surface area contributed by atoms with E-state index in [4.69, 9.17) is 0 Å².